The van der Waals surface area contributed by atoms with Crippen LogP contribution in [0.25, 0.3) is 22.4 Å². The number of nitrogens with zero attached hydrogens (tertiary/aromatic N) is 3. The highest BCUT2D eigenvalue weighted by Crippen LogP contribution is 2.49. The predicted molar refractivity (Wildman–Crippen MR) is 163 cm³/mol. The fourth-order valence-corrected chi connectivity index (χ4v) is 5.73. The molecule has 3 aromatic heterocycles. The Morgan fingerprint density at radius 1 is 1.07 bits per heavy atom. The van der Waals surface area contributed by atoms with Gasteiger partial charge in [0.05, 0.1) is 29.8 Å². The maximum atomic E-state index is 12.9. The molecule has 5 rings (SSSR count). The Morgan fingerprint density at radius 3 is 2.47 bits per heavy atom. The van der Waals surface area contributed by atoms with Gasteiger partial charge in [-0.3, -0.25) is 23.3 Å². The van der Waals surface area contributed by atoms with Crippen LogP contribution in [0.2, 0.25) is 0 Å². The molecule has 1 saturated carbocycles. The fourth-order valence-electron chi connectivity index (χ4n) is 4.40. The third-order valence-corrected chi connectivity index (χ3v) is 8.50. The smallest absolute Gasteiger partial charge is 0.318 e. The second-order valence-electron chi connectivity index (χ2n) is 11.4. The zero-order valence-electron chi connectivity index (χ0n) is 24.1. The highest BCUT2D eigenvalue weighted by atomic mass is 32.2. The molecule has 1 fully saturated rings. The number of thiazole rings is 1. The van der Waals surface area contributed by atoms with E-state index in [9.17, 15) is 22.8 Å². The monoisotopic (exact) mass is 621 g/mol. The van der Waals surface area contributed by atoms with Gasteiger partial charge in [-0.1, -0.05) is 18.2 Å². The number of hydrogen-bond donors (Lipinski definition) is 2. The molecule has 11 nitrogen and oxygen atoms in total. The SMILES string of the molecule is CC(C)(C)OC(=O)C1(c2cc(-c3cccc(-c4csc(NC(=O)CNC(=O)c5ccn(S(C)(=O)=O)c5)n4)c3)ccn2)CC1. The molecule has 2 amide bonds. The van der Waals surface area contributed by atoms with E-state index < -0.39 is 32.9 Å². The molecule has 3 heterocycles. The number of carbonyl (C=O) groups is 3. The van der Waals surface area contributed by atoms with E-state index in [1.54, 1.807) is 6.20 Å². The van der Waals surface area contributed by atoms with E-state index in [0.717, 1.165) is 26.9 Å². The van der Waals surface area contributed by atoms with Crippen molar-refractivity contribution in [1.29, 1.82) is 0 Å². The maximum absolute atomic E-state index is 12.9. The van der Waals surface area contributed by atoms with Crippen LogP contribution in [0, 0.1) is 0 Å². The maximum Gasteiger partial charge on any atom is 0.318 e. The van der Waals surface area contributed by atoms with Crippen LogP contribution in [0.4, 0.5) is 5.13 Å². The molecule has 1 aromatic carbocycles. The Labute approximate surface area is 253 Å². The van der Waals surface area contributed by atoms with Crippen molar-refractivity contribution in [1.82, 2.24) is 19.3 Å². The van der Waals surface area contributed by atoms with Gasteiger partial charge in [-0.2, -0.15) is 0 Å². The van der Waals surface area contributed by atoms with Crippen molar-refractivity contribution in [2.75, 3.05) is 18.1 Å². The van der Waals surface area contributed by atoms with Gasteiger partial charge in [0.2, 0.25) is 15.9 Å². The van der Waals surface area contributed by atoms with Crippen molar-refractivity contribution in [3.63, 3.8) is 0 Å². The zero-order valence-corrected chi connectivity index (χ0v) is 25.7. The lowest BCUT2D eigenvalue weighted by Gasteiger charge is -2.23. The number of anilines is 1. The lowest BCUT2D eigenvalue weighted by molar-refractivity contribution is -0.158. The summed E-state index contributed by atoms with van der Waals surface area (Å²) in [7, 11) is -3.51. The normalized spacial score (nSPS) is 14.1. The van der Waals surface area contributed by atoms with Crippen LogP contribution in [-0.4, -0.2) is 58.5 Å². The van der Waals surface area contributed by atoms with Gasteiger partial charge in [0.25, 0.3) is 5.91 Å². The first-order valence-electron chi connectivity index (χ1n) is 13.5. The molecular formula is C30H31N5O6S2. The summed E-state index contributed by atoms with van der Waals surface area (Å²) in [6.45, 7) is 5.25. The van der Waals surface area contributed by atoms with Gasteiger partial charge >= 0.3 is 5.97 Å². The van der Waals surface area contributed by atoms with Gasteiger partial charge in [-0.05, 0) is 69.0 Å². The lowest BCUT2D eigenvalue weighted by atomic mass is 9.96. The summed E-state index contributed by atoms with van der Waals surface area (Å²) >= 11 is 1.25. The Morgan fingerprint density at radius 2 is 1.79 bits per heavy atom. The van der Waals surface area contributed by atoms with E-state index in [4.69, 9.17) is 4.74 Å². The Kier molecular flexibility index (Phi) is 7.97. The number of amides is 2. The predicted octanol–water partition coefficient (Wildman–Crippen LogP) is 4.22. The third-order valence-electron chi connectivity index (χ3n) is 6.75. The van der Waals surface area contributed by atoms with E-state index in [1.165, 1.54) is 29.8 Å². The summed E-state index contributed by atoms with van der Waals surface area (Å²) in [4.78, 5) is 46.7. The van der Waals surface area contributed by atoms with Crippen molar-refractivity contribution in [3.05, 3.63) is 77.7 Å². The molecule has 0 atom stereocenters. The quantitative estimate of drug-likeness (QED) is 0.264. The highest BCUT2D eigenvalue weighted by molar-refractivity contribution is 7.89. The van der Waals surface area contributed by atoms with Gasteiger partial charge in [0, 0.05) is 29.5 Å². The van der Waals surface area contributed by atoms with E-state index in [2.05, 4.69) is 20.6 Å². The van der Waals surface area contributed by atoms with Crippen molar-refractivity contribution < 1.29 is 27.5 Å². The molecule has 0 aliphatic heterocycles. The van der Waals surface area contributed by atoms with E-state index >= 15 is 0 Å². The topological polar surface area (TPSA) is 149 Å². The Hall–Kier alpha value is -4.36. The van der Waals surface area contributed by atoms with Gasteiger partial charge in [-0.15, -0.1) is 11.3 Å². The average molecular weight is 622 g/mol. The number of pyridine rings is 1. The van der Waals surface area contributed by atoms with Crippen LogP contribution in [0.3, 0.4) is 0 Å². The lowest BCUT2D eigenvalue weighted by Crippen LogP contribution is -2.32. The molecule has 0 radical (unpaired) electrons. The molecule has 13 heteroatoms. The largest absolute Gasteiger partial charge is 0.459 e. The second-order valence-corrected chi connectivity index (χ2v) is 14.1. The number of benzene rings is 1. The minimum atomic E-state index is -3.51. The van der Waals surface area contributed by atoms with Crippen LogP contribution in [-0.2, 0) is 29.8 Å². The van der Waals surface area contributed by atoms with E-state index in [0.29, 0.717) is 29.4 Å². The number of hydrogen-bond acceptors (Lipinski definition) is 9. The molecule has 4 aromatic rings. The number of aromatic nitrogens is 3. The fraction of sp³-hybridized carbons (Fsp3) is 0.300. The van der Waals surface area contributed by atoms with Crippen molar-refractivity contribution in [2.24, 2.45) is 0 Å². The molecule has 1 aliphatic carbocycles. The molecular weight excluding hydrogens is 590 g/mol. The molecule has 0 spiro atoms. The summed E-state index contributed by atoms with van der Waals surface area (Å²) in [6.07, 6.45) is 6.57. The molecule has 1 aliphatic rings. The van der Waals surface area contributed by atoms with Gasteiger partial charge in [0.15, 0.2) is 5.13 Å². The standard InChI is InChI=1S/C30H31N5O6S2/c1-29(2,3)41-27(38)30(10-11-30)24-15-20(8-12-31-24)19-6-5-7-21(14-19)23-18-42-28(33-23)34-25(36)16-32-26(37)22-9-13-35(17-22)43(4,39)40/h5-9,12-15,17-18H,10-11,16H2,1-4H3,(H,32,37)(H,33,34,36). The summed E-state index contributed by atoms with van der Waals surface area (Å²) in [5.74, 6) is -1.30. The van der Waals surface area contributed by atoms with Gasteiger partial charge < -0.3 is 15.4 Å². The Bertz CT molecular complexity index is 1820. The van der Waals surface area contributed by atoms with E-state index in [-0.39, 0.29) is 18.1 Å². The zero-order chi connectivity index (χ0) is 31.0. The van der Waals surface area contributed by atoms with Crippen LogP contribution in [0.15, 0.2) is 66.4 Å². The first-order valence-corrected chi connectivity index (χ1v) is 16.2. The molecule has 43 heavy (non-hydrogen) atoms. The van der Waals surface area contributed by atoms with Crippen LogP contribution in [0.1, 0.15) is 49.7 Å². The summed E-state index contributed by atoms with van der Waals surface area (Å²) in [6, 6.07) is 13.0. The van der Waals surface area contributed by atoms with Crippen molar-refractivity contribution in [2.45, 2.75) is 44.6 Å². The molecule has 0 unspecified atom stereocenters. The van der Waals surface area contributed by atoms with Crippen molar-refractivity contribution in [3.8, 4) is 22.4 Å². The van der Waals surface area contributed by atoms with Gasteiger partial charge in [-0.25, -0.2) is 13.4 Å². The Balaban J connectivity index is 1.23. The van der Waals surface area contributed by atoms with E-state index in [1.807, 2.05) is 62.5 Å². The number of nitrogens with one attached hydrogen (secondary N) is 2. The minimum Gasteiger partial charge on any atom is -0.459 e. The third kappa shape index (κ3) is 7.00. The molecule has 0 bridgehead atoms. The second kappa shape index (κ2) is 11.4. The summed E-state index contributed by atoms with van der Waals surface area (Å²) < 4.78 is 29.8. The highest BCUT2D eigenvalue weighted by Gasteiger charge is 2.55. The number of esters is 1. The summed E-state index contributed by atoms with van der Waals surface area (Å²) in [5.41, 5.74) is 2.87. The van der Waals surface area contributed by atoms with Crippen LogP contribution < -0.4 is 10.6 Å². The van der Waals surface area contributed by atoms with Crippen molar-refractivity contribution >= 4 is 44.3 Å². The molecule has 224 valence electrons. The first-order chi connectivity index (χ1) is 20.2. The molecule has 2 N–H and O–H groups in total. The number of carbonyl (C=O) groups excluding carboxylic acids is 3. The molecule has 0 saturated heterocycles. The summed E-state index contributed by atoms with van der Waals surface area (Å²) in [5, 5.41) is 7.33. The number of rotatable bonds is 9. The first kappa shape index (κ1) is 30.1. The number of ether oxygens (including phenoxy) is 1. The average Bonchev–Trinajstić information content (AvgIpc) is 3.36. The van der Waals surface area contributed by atoms with Crippen LogP contribution in [0.5, 0.6) is 0 Å². The minimum absolute atomic E-state index is 0.119. The van der Waals surface area contributed by atoms with Crippen LogP contribution >= 0.6 is 11.3 Å². The van der Waals surface area contributed by atoms with Gasteiger partial charge in [0.1, 0.15) is 11.0 Å².